The van der Waals surface area contributed by atoms with E-state index in [1.54, 1.807) is 0 Å². The highest BCUT2D eigenvalue weighted by Gasteiger charge is 2.54. The highest BCUT2D eigenvalue weighted by Crippen LogP contribution is 2.33. The topological polar surface area (TPSA) is 328 Å². The molecule has 0 aromatic carbocycles. The maximum Gasteiger partial charge on any atom is 0.187 e. The molecule has 0 saturated carbocycles. The Morgan fingerprint density at radius 1 is 0.488 bits per heavy atom. The third kappa shape index (κ3) is 7.29. The van der Waals surface area contributed by atoms with Gasteiger partial charge in [0.25, 0.3) is 0 Å². The number of hydrogen-bond acceptors (Lipinski definition) is 20. The van der Waals surface area contributed by atoms with Gasteiger partial charge in [-0.3, -0.25) is 0 Å². The van der Waals surface area contributed by atoms with Crippen LogP contribution in [-0.2, 0) is 33.2 Å². The molecule has 43 heavy (non-hydrogen) atoms. The van der Waals surface area contributed by atoms with Gasteiger partial charge in [0, 0.05) is 0 Å². The molecule has 0 aromatic heterocycles. The summed E-state index contributed by atoms with van der Waals surface area (Å²) in [6.07, 6.45) is -32.9. The molecule has 19 atom stereocenters. The molecule has 20 nitrogen and oxygen atoms in total. The van der Waals surface area contributed by atoms with Gasteiger partial charge in [-0.25, -0.2) is 0 Å². The summed E-state index contributed by atoms with van der Waals surface area (Å²) < 4.78 is 37.9. The number of rotatable bonds is 9. The number of ether oxygens (including phenoxy) is 7. The number of aliphatic hydroxyl groups excluding tert-OH is 13. The van der Waals surface area contributed by atoms with Crippen molar-refractivity contribution in [1.82, 2.24) is 0 Å². The minimum absolute atomic E-state index is 0.428. The minimum Gasteiger partial charge on any atom is -0.394 e. The first-order valence-corrected chi connectivity index (χ1v) is 13.5. The van der Waals surface area contributed by atoms with Crippen molar-refractivity contribution >= 4 is 0 Å². The van der Waals surface area contributed by atoms with Gasteiger partial charge < -0.3 is 99.5 Å². The second-order valence-electron chi connectivity index (χ2n) is 10.7. The van der Waals surface area contributed by atoms with Gasteiger partial charge in [0.2, 0.25) is 0 Å². The van der Waals surface area contributed by atoms with Crippen LogP contribution in [0, 0.1) is 0 Å². The average molecular weight is 637 g/mol. The van der Waals surface area contributed by atoms with Crippen molar-refractivity contribution in [2.75, 3.05) is 26.4 Å². The summed E-state index contributed by atoms with van der Waals surface area (Å²) in [5, 5.41) is 132. The summed E-state index contributed by atoms with van der Waals surface area (Å²) in [6, 6.07) is 0. The lowest BCUT2D eigenvalue weighted by Crippen LogP contribution is -2.66. The lowest BCUT2D eigenvalue weighted by atomic mass is 9.96. The zero-order valence-electron chi connectivity index (χ0n) is 22.5. The molecule has 0 aromatic rings. The molecule has 0 amide bonds. The fourth-order valence-electron chi connectivity index (χ4n) is 5.16. The summed E-state index contributed by atoms with van der Waals surface area (Å²) in [6.45, 7) is -2.73. The molecule has 252 valence electrons. The molecule has 0 aliphatic carbocycles. The number of aliphatic hydroxyl groups is 13. The first kappa shape index (κ1) is 35.1. The largest absolute Gasteiger partial charge is 0.394 e. The molecule has 13 N–H and O–H groups in total. The smallest absolute Gasteiger partial charge is 0.187 e. The van der Waals surface area contributed by atoms with Crippen molar-refractivity contribution in [1.29, 1.82) is 0 Å². The van der Waals surface area contributed by atoms with E-state index in [1.165, 1.54) is 0 Å². The second-order valence-corrected chi connectivity index (χ2v) is 10.7. The first-order valence-electron chi connectivity index (χ1n) is 13.5. The summed E-state index contributed by atoms with van der Waals surface area (Å²) >= 11 is 0. The van der Waals surface area contributed by atoms with Crippen molar-refractivity contribution in [2.45, 2.75) is 117 Å². The Balaban J connectivity index is 1.54. The van der Waals surface area contributed by atoms with Gasteiger partial charge in [-0.1, -0.05) is 0 Å². The van der Waals surface area contributed by atoms with Gasteiger partial charge in [-0.15, -0.1) is 0 Å². The minimum atomic E-state index is -2.02. The standard InChI is InChI=1S/C23H40O20/c24-1-6-10(28)11(29)16(34)22(40-6)43-19-8(4-38-21-15(33)9(27)5(26)3-37-21)41-23(17(35)13(19)31)42-18-7(2-25)39-20(36)14(32)12(18)30/h5-36H,1-4H2/t5-,6-,7-,8-,9+,10-,11+,12-,13-,14-,15-,16-,17-,18-,19-,20?,21-,22+,23+/m1/s1. The van der Waals surface area contributed by atoms with Crippen molar-refractivity contribution < 1.29 is 99.5 Å². The lowest BCUT2D eigenvalue weighted by Gasteiger charge is -2.48. The highest BCUT2D eigenvalue weighted by molar-refractivity contribution is 4.96. The van der Waals surface area contributed by atoms with Crippen LogP contribution in [0.25, 0.3) is 0 Å². The Bertz CT molecular complexity index is 867. The Hall–Kier alpha value is -0.800. The van der Waals surface area contributed by atoms with Crippen LogP contribution < -0.4 is 0 Å². The summed E-state index contributed by atoms with van der Waals surface area (Å²) in [4.78, 5) is 0. The average Bonchev–Trinajstić information content (AvgIpc) is 2.99. The highest BCUT2D eigenvalue weighted by atomic mass is 16.8. The van der Waals surface area contributed by atoms with Crippen molar-refractivity contribution in [3.05, 3.63) is 0 Å². The molecular weight excluding hydrogens is 596 g/mol. The van der Waals surface area contributed by atoms with Crippen LogP contribution in [0.5, 0.6) is 0 Å². The normalized spacial score (nSPS) is 53.1. The van der Waals surface area contributed by atoms with E-state index >= 15 is 0 Å². The molecule has 4 saturated heterocycles. The Labute approximate surface area is 243 Å². The van der Waals surface area contributed by atoms with Crippen LogP contribution in [0.15, 0.2) is 0 Å². The third-order valence-electron chi connectivity index (χ3n) is 7.79. The molecule has 20 heteroatoms. The summed E-state index contributed by atoms with van der Waals surface area (Å²) in [7, 11) is 0. The van der Waals surface area contributed by atoms with E-state index in [4.69, 9.17) is 33.2 Å². The molecule has 4 aliphatic rings. The van der Waals surface area contributed by atoms with Gasteiger partial charge in [-0.2, -0.15) is 0 Å². The van der Waals surface area contributed by atoms with Crippen LogP contribution in [0.4, 0.5) is 0 Å². The lowest BCUT2D eigenvalue weighted by molar-refractivity contribution is -0.382. The van der Waals surface area contributed by atoms with Crippen molar-refractivity contribution in [3.63, 3.8) is 0 Å². The first-order chi connectivity index (χ1) is 20.3. The Kier molecular flexibility index (Phi) is 12.0. The third-order valence-corrected chi connectivity index (χ3v) is 7.79. The summed E-state index contributed by atoms with van der Waals surface area (Å²) in [5.41, 5.74) is 0. The van der Waals surface area contributed by atoms with E-state index in [9.17, 15) is 66.4 Å². The molecule has 0 spiro atoms. The monoisotopic (exact) mass is 636 g/mol. The predicted octanol–water partition coefficient (Wildman–Crippen LogP) is -9.11. The van der Waals surface area contributed by atoms with E-state index in [0.29, 0.717) is 0 Å². The van der Waals surface area contributed by atoms with Crippen LogP contribution in [0.1, 0.15) is 0 Å². The molecular formula is C23H40O20. The molecule has 4 fully saturated rings. The Morgan fingerprint density at radius 2 is 1.00 bits per heavy atom. The Morgan fingerprint density at radius 3 is 1.60 bits per heavy atom. The van der Waals surface area contributed by atoms with Gasteiger partial charge in [-0.05, 0) is 0 Å². The van der Waals surface area contributed by atoms with Crippen LogP contribution in [-0.4, -0.2) is 210 Å². The predicted molar refractivity (Wildman–Crippen MR) is 128 cm³/mol. The van der Waals surface area contributed by atoms with Gasteiger partial charge in [0.05, 0.1) is 26.4 Å². The molecule has 1 unspecified atom stereocenters. The zero-order valence-corrected chi connectivity index (χ0v) is 22.5. The van der Waals surface area contributed by atoms with E-state index < -0.39 is 143 Å². The van der Waals surface area contributed by atoms with Gasteiger partial charge >= 0.3 is 0 Å². The molecule has 4 aliphatic heterocycles. The van der Waals surface area contributed by atoms with Crippen LogP contribution >= 0.6 is 0 Å². The zero-order chi connectivity index (χ0) is 31.7. The van der Waals surface area contributed by atoms with Gasteiger partial charge in [0.1, 0.15) is 91.6 Å². The van der Waals surface area contributed by atoms with E-state index in [0.717, 1.165) is 0 Å². The van der Waals surface area contributed by atoms with Gasteiger partial charge in [0.15, 0.2) is 25.2 Å². The molecule has 4 heterocycles. The maximum absolute atomic E-state index is 11.0. The molecule has 0 bridgehead atoms. The van der Waals surface area contributed by atoms with E-state index in [1.807, 2.05) is 0 Å². The molecule has 4 rings (SSSR count). The fraction of sp³-hybridized carbons (Fsp3) is 1.00. The van der Waals surface area contributed by atoms with Crippen molar-refractivity contribution in [2.24, 2.45) is 0 Å². The maximum atomic E-state index is 11.0. The van der Waals surface area contributed by atoms with Crippen LogP contribution in [0.2, 0.25) is 0 Å². The molecule has 0 radical (unpaired) electrons. The second kappa shape index (κ2) is 14.7. The van der Waals surface area contributed by atoms with E-state index in [-0.39, 0.29) is 0 Å². The number of hydrogen-bond donors (Lipinski definition) is 13. The fourth-order valence-corrected chi connectivity index (χ4v) is 5.16. The van der Waals surface area contributed by atoms with Crippen LogP contribution in [0.3, 0.4) is 0 Å². The van der Waals surface area contributed by atoms with Crippen molar-refractivity contribution in [3.8, 4) is 0 Å². The SMILES string of the molecule is OC[C@H]1O[C@@H](O[C@H]2[C@H](O)[C@@H](O)[C@H](O[C@H]3[C@H](O)[C@@H](O)C(O)O[C@@H]3CO)O[C@@H]2CO[C@H]2OC[C@@H](O)[C@H](O)[C@H]2O)[C@H](O)[C@@H](O)[C@@H]1O. The summed E-state index contributed by atoms with van der Waals surface area (Å²) in [5.74, 6) is 0. The quantitative estimate of drug-likeness (QED) is 0.112. The van der Waals surface area contributed by atoms with E-state index in [2.05, 4.69) is 0 Å².